The topological polar surface area (TPSA) is 31.9 Å². The van der Waals surface area contributed by atoms with Crippen LogP contribution in [0.5, 0.6) is 0 Å². The van der Waals surface area contributed by atoms with Gasteiger partial charge in [-0.3, -0.25) is 10.00 Å². The molecule has 2 rings (SSSR count). The van der Waals surface area contributed by atoms with Gasteiger partial charge in [0.1, 0.15) is 0 Å². The molecule has 15 heavy (non-hydrogen) atoms. The second-order valence-electron chi connectivity index (χ2n) is 4.28. The molecular formula is C12H19N3. The number of rotatable bonds is 2. The van der Waals surface area contributed by atoms with E-state index < -0.39 is 0 Å². The molecule has 0 bridgehead atoms. The highest BCUT2D eigenvalue weighted by Crippen LogP contribution is 2.23. The van der Waals surface area contributed by atoms with Gasteiger partial charge < -0.3 is 0 Å². The number of H-pyrrole nitrogens is 1. The molecule has 3 nitrogen and oxygen atoms in total. The molecule has 0 aromatic carbocycles. The van der Waals surface area contributed by atoms with E-state index in [0.717, 1.165) is 30.8 Å². The smallest absolute Gasteiger partial charge is 0.0919 e. The lowest BCUT2D eigenvalue weighted by molar-refractivity contribution is 0.284. The van der Waals surface area contributed by atoms with Gasteiger partial charge in [-0.2, -0.15) is 5.10 Å². The Morgan fingerprint density at radius 1 is 1.60 bits per heavy atom. The maximum atomic E-state index is 4.36. The molecule has 3 heteroatoms. The monoisotopic (exact) mass is 205 g/mol. The van der Waals surface area contributed by atoms with Crippen molar-refractivity contribution in [2.45, 2.75) is 33.2 Å². The number of aryl methyl sites for hydroxylation is 1. The number of aromatic nitrogens is 2. The van der Waals surface area contributed by atoms with E-state index in [0.29, 0.717) is 0 Å². The van der Waals surface area contributed by atoms with Crippen LogP contribution in [0.2, 0.25) is 0 Å². The molecule has 0 amide bonds. The van der Waals surface area contributed by atoms with E-state index in [2.05, 4.69) is 28.6 Å². The Labute approximate surface area is 91.2 Å². The van der Waals surface area contributed by atoms with E-state index in [-0.39, 0.29) is 0 Å². The van der Waals surface area contributed by atoms with Gasteiger partial charge >= 0.3 is 0 Å². The minimum Gasteiger partial charge on any atom is -0.299 e. The summed E-state index contributed by atoms with van der Waals surface area (Å²) in [5.41, 5.74) is 4.81. The van der Waals surface area contributed by atoms with Crippen molar-refractivity contribution in [3.05, 3.63) is 23.5 Å². The molecule has 1 N–H and O–H groups in total. The Morgan fingerprint density at radius 3 is 3.07 bits per heavy atom. The third-order valence-corrected chi connectivity index (χ3v) is 3.09. The molecule has 0 atom stereocenters. The number of nitrogens with one attached hydrogen (secondary N) is 1. The van der Waals surface area contributed by atoms with Crippen molar-refractivity contribution in [2.24, 2.45) is 0 Å². The molecule has 1 aromatic heterocycles. The van der Waals surface area contributed by atoms with Gasteiger partial charge in [0.25, 0.3) is 0 Å². The van der Waals surface area contributed by atoms with Gasteiger partial charge in [0, 0.05) is 17.8 Å². The molecule has 0 fully saturated rings. The minimum atomic E-state index is 1.02. The first kappa shape index (κ1) is 10.4. The van der Waals surface area contributed by atoms with Crippen LogP contribution in [0.1, 0.15) is 37.2 Å². The third-order valence-electron chi connectivity index (χ3n) is 3.09. The van der Waals surface area contributed by atoms with Crippen molar-refractivity contribution in [3.63, 3.8) is 0 Å². The van der Waals surface area contributed by atoms with Crippen LogP contribution in [0.15, 0.2) is 6.58 Å². The van der Waals surface area contributed by atoms with Crippen molar-refractivity contribution in [1.29, 1.82) is 0 Å². The number of fused-ring (bicyclic) bond motifs is 1. The lowest BCUT2D eigenvalue weighted by Crippen LogP contribution is -2.22. The molecule has 1 aliphatic heterocycles. The summed E-state index contributed by atoms with van der Waals surface area (Å²) in [6.45, 7) is 11.5. The van der Waals surface area contributed by atoms with Gasteiger partial charge in [-0.25, -0.2) is 0 Å². The summed E-state index contributed by atoms with van der Waals surface area (Å²) in [5, 5.41) is 7.51. The quantitative estimate of drug-likeness (QED) is 0.802. The second-order valence-corrected chi connectivity index (χ2v) is 4.28. The number of aromatic amines is 1. The van der Waals surface area contributed by atoms with Crippen LogP contribution in [-0.2, 0) is 13.0 Å². The summed E-state index contributed by atoms with van der Waals surface area (Å²) in [6, 6.07) is 0. The Balaban J connectivity index is 2.33. The summed E-state index contributed by atoms with van der Waals surface area (Å²) >= 11 is 0. The number of hydrogen-bond donors (Lipinski definition) is 1. The molecule has 2 heterocycles. The highest BCUT2D eigenvalue weighted by atomic mass is 15.2. The lowest BCUT2D eigenvalue weighted by atomic mass is 10.1. The van der Waals surface area contributed by atoms with Gasteiger partial charge in [0.05, 0.1) is 5.69 Å². The Bertz CT molecular complexity index is 365. The maximum Gasteiger partial charge on any atom is 0.0919 e. The predicted octanol–water partition coefficient (Wildman–Crippen LogP) is 2.21. The van der Waals surface area contributed by atoms with Crippen LogP contribution in [0.3, 0.4) is 0 Å². The molecular weight excluding hydrogens is 186 g/mol. The van der Waals surface area contributed by atoms with Gasteiger partial charge in [-0.05, 0) is 38.4 Å². The summed E-state index contributed by atoms with van der Waals surface area (Å²) < 4.78 is 0. The first-order chi connectivity index (χ1) is 7.22. The van der Waals surface area contributed by atoms with Crippen molar-refractivity contribution in [3.8, 4) is 0 Å². The molecule has 0 unspecified atom stereocenters. The largest absolute Gasteiger partial charge is 0.299 e. The summed E-state index contributed by atoms with van der Waals surface area (Å²) in [5.74, 6) is 0. The van der Waals surface area contributed by atoms with E-state index in [1.54, 1.807) is 0 Å². The molecule has 0 saturated heterocycles. The summed E-state index contributed by atoms with van der Waals surface area (Å²) in [4.78, 5) is 2.47. The van der Waals surface area contributed by atoms with Gasteiger partial charge in [-0.1, -0.05) is 13.5 Å². The molecule has 0 spiro atoms. The van der Waals surface area contributed by atoms with E-state index in [4.69, 9.17) is 0 Å². The van der Waals surface area contributed by atoms with Crippen LogP contribution in [-0.4, -0.2) is 28.2 Å². The standard InChI is InChI=1S/C12H19N3/c1-4-15-7-5-6-11-10(8-15)12(9(2)3)14-13-11/h2,4-8H2,1,3H3,(H,13,14). The van der Waals surface area contributed by atoms with Crippen LogP contribution < -0.4 is 0 Å². The number of nitrogens with zero attached hydrogens (tertiary/aromatic N) is 2. The van der Waals surface area contributed by atoms with Crippen LogP contribution in [0, 0.1) is 0 Å². The molecule has 82 valence electrons. The van der Waals surface area contributed by atoms with E-state index >= 15 is 0 Å². The number of hydrogen-bond acceptors (Lipinski definition) is 2. The SMILES string of the molecule is C=C(C)c1n[nH]c2c1CN(CC)CCC2. The van der Waals surface area contributed by atoms with Crippen molar-refractivity contribution in [2.75, 3.05) is 13.1 Å². The van der Waals surface area contributed by atoms with E-state index in [1.807, 2.05) is 6.92 Å². The summed E-state index contributed by atoms with van der Waals surface area (Å²) in [6.07, 6.45) is 2.34. The first-order valence-corrected chi connectivity index (χ1v) is 5.66. The van der Waals surface area contributed by atoms with Crippen molar-refractivity contribution < 1.29 is 0 Å². The maximum absolute atomic E-state index is 4.36. The predicted molar refractivity (Wildman–Crippen MR) is 62.6 cm³/mol. The Morgan fingerprint density at radius 2 is 2.40 bits per heavy atom. The highest BCUT2D eigenvalue weighted by Gasteiger charge is 2.19. The zero-order valence-electron chi connectivity index (χ0n) is 9.64. The zero-order chi connectivity index (χ0) is 10.8. The molecule has 1 aliphatic rings. The fourth-order valence-electron chi connectivity index (χ4n) is 2.18. The zero-order valence-corrected chi connectivity index (χ0v) is 9.64. The van der Waals surface area contributed by atoms with Crippen molar-refractivity contribution >= 4 is 5.57 Å². The first-order valence-electron chi connectivity index (χ1n) is 5.66. The molecule has 0 saturated carbocycles. The van der Waals surface area contributed by atoms with E-state index in [1.165, 1.54) is 24.2 Å². The Kier molecular flexibility index (Phi) is 2.91. The molecule has 0 radical (unpaired) electrons. The average molecular weight is 205 g/mol. The van der Waals surface area contributed by atoms with Gasteiger partial charge in [-0.15, -0.1) is 0 Å². The molecule has 1 aromatic rings. The van der Waals surface area contributed by atoms with Gasteiger partial charge in [0.2, 0.25) is 0 Å². The summed E-state index contributed by atoms with van der Waals surface area (Å²) in [7, 11) is 0. The fraction of sp³-hybridized carbons (Fsp3) is 0.583. The van der Waals surface area contributed by atoms with Crippen molar-refractivity contribution in [1.82, 2.24) is 15.1 Å². The Hall–Kier alpha value is -1.09. The normalized spacial score (nSPS) is 17.2. The third kappa shape index (κ3) is 1.97. The van der Waals surface area contributed by atoms with Gasteiger partial charge in [0.15, 0.2) is 0 Å². The van der Waals surface area contributed by atoms with Crippen LogP contribution >= 0.6 is 0 Å². The lowest BCUT2D eigenvalue weighted by Gasteiger charge is -2.17. The van der Waals surface area contributed by atoms with E-state index in [9.17, 15) is 0 Å². The minimum absolute atomic E-state index is 1.02. The number of allylic oxidation sites excluding steroid dienone is 1. The van der Waals surface area contributed by atoms with Crippen LogP contribution in [0.4, 0.5) is 0 Å². The fourth-order valence-corrected chi connectivity index (χ4v) is 2.18. The highest BCUT2D eigenvalue weighted by molar-refractivity contribution is 5.61. The molecule has 0 aliphatic carbocycles. The van der Waals surface area contributed by atoms with Crippen LogP contribution in [0.25, 0.3) is 5.57 Å². The second kappa shape index (κ2) is 4.19. The average Bonchev–Trinajstić information content (AvgIpc) is 2.49.